The molecule has 19 heavy (non-hydrogen) atoms. The Bertz CT molecular complexity index is 366. The number of carbonyl (C=O) groups is 1. The van der Waals surface area contributed by atoms with Crippen LogP contribution in [0.5, 0.6) is 0 Å². The highest BCUT2D eigenvalue weighted by molar-refractivity contribution is 7.10. The Morgan fingerprint density at radius 2 is 2.26 bits per heavy atom. The van der Waals surface area contributed by atoms with E-state index in [1.54, 1.807) is 18.4 Å². The number of nitrogens with two attached hydrogens (primary N) is 1. The third kappa shape index (κ3) is 5.30. The van der Waals surface area contributed by atoms with E-state index in [1.165, 1.54) is 4.88 Å². The lowest BCUT2D eigenvalue weighted by atomic mass is 10.0. The van der Waals surface area contributed by atoms with Crippen molar-refractivity contribution in [3.05, 3.63) is 22.4 Å². The summed E-state index contributed by atoms with van der Waals surface area (Å²) in [5.41, 5.74) is 5.90. The van der Waals surface area contributed by atoms with Crippen molar-refractivity contribution in [2.45, 2.75) is 38.8 Å². The Morgan fingerprint density at radius 3 is 2.79 bits per heavy atom. The lowest BCUT2D eigenvalue weighted by molar-refractivity contribution is -0.123. The third-order valence-corrected chi connectivity index (χ3v) is 3.97. The molecule has 0 saturated carbocycles. The number of nitrogens with one attached hydrogen (secondary N) is 1. The lowest BCUT2D eigenvalue weighted by Crippen LogP contribution is -2.43. The fourth-order valence-electron chi connectivity index (χ4n) is 1.87. The van der Waals surface area contributed by atoms with Crippen LogP contribution in [-0.4, -0.2) is 25.7 Å². The first-order chi connectivity index (χ1) is 9.06. The van der Waals surface area contributed by atoms with Crippen molar-refractivity contribution in [3.8, 4) is 0 Å². The SMILES string of the molecule is COCCCC(N)C(=O)NC(c1cccs1)C(C)C. The molecule has 0 fully saturated rings. The zero-order valence-electron chi connectivity index (χ0n) is 11.9. The summed E-state index contributed by atoms with van der Waals surface area (Å²) < 4.78 is 4.96. The van der Waals surface area contributed by atoms with E-state index in [4.69, 9.17) is 10.5 Å². The predicted octanol–water partition coefficient (Wildman–Crippen LogP) is 2.32. The van der Waals surface area contributed by atoms with Crippen LogP contribution in [0.2, 0.25) is 0 Å². The molecule has 2 unspecified atom stereocenters. The van der Waals surface area contributed by atoms with E-state index in [2.05, 4.69) is 19.2 Å². The topological polar surface area (TPSA) is 64.3 Å². The number of ether oxygens (including phenoxy) is 1. The van der Waals surface area contributed by atoms with Gasteiger partial charge in [0.2, 0.25) is 5.91 Å². The van der Waals surface area contributed by atoms with Crippen LogP contribution in [0.3, 0.4) is 0 Å². The minimum Gasteiger partial charge on any atom is -0.385 e. The molecule has 1 amide bonds. The van der Waals surface area contributed by atoms with Gasteiger partial charge in [-0.2, -0.15) is 0 Å². The van der Waals surface area contributed by atoms with Crippen LogP contribution in [0.1, 0.15) is 37.6 Å². The maximum atomic E-state index is 12.1. The first-order valence-corrected chi connectivity index (χ1v) is 7.52. The Morgan fingerprint density at radius 1 is 1.53 bits per heavy atom. The normalized spacial score (nSPS) is 14.4. The van der Waals surface area contributed by atoms with Gasteiger partial charge in [-0.15, -0.1) is 11.3 Å². The molecular weight excluding hydrogens is 260 g/mol. The molecule has 1 aromatic heterocycles. The second-order valence-electron chi connectivity index (χ2n) is 4.99. The van der Waals surface area contributed by atoms with E-state index in [0.717, 1.165) is 6.42 Å². The standard InChI is InChI=1S/C14H24N2O2S/c1-10(2)13(12-7-5-9-19-12)16-14(17)11(15)6-4-8-18-3/h5,7,9-11,13H,4,6,8,15H2,1-3H3,(H,16,17). The van der Waals surface area contributed by atoms with Gasteiger partial charge in [0.1, 0.15) is 0 Å². The molecule has 0 radical (unpaired) electrons. The number of hydrogen-bond acceptors (Lipinski definition) is 4. The van der Waals surface area contributed by atoms with Gasteiger partial charge < -0.3 is 15.8 Å². The highest BCUT2D eigenvalue weighted by Gasteiger charge is 2.22. The van der Waals surface area contributed by atoms with Gasteiger partial charge in [-0.05, 0) is 30.2 Å². The largest absolute Gasteiger partial charge is 0.385 e. The molecule has 0 aliphatic rings. The van der Waals surface area contributed by atoms with Crippen LogP contribution >= 0.6 is 11.3 Å². The minimum atomic E-state index is -0.462. The van der Waals surface area contributed by atoms with Gasteiger partial charge in [-0.3, -0.25) is 4.79 Å². The number of methoxy groups -OCH3 is 1. The Hall–Kier alpha value is -0.910. The smallest absolute Gasteiger partial charge is 0.237 e. The molecule has 2 atom stereocenters. The first kappa shape index (κ1) is 16.1. The number of rotatable bonds is 8. The van der Waals surface area contributed by atoms with E-state index in [9.17, 15) is 4.79 Å². The second kappa shape index (κ2) is 8.30. The summed E-state index contributed by atoms with van der Waals surface area (Å²) in [5, 5.41) is 5.07. The van der Waals surface area contributed by atoms with E-state index in [-0.39, 0.29) is 11.9 Å². The zero-order chi connectivity index (χ0) is 14.3. The van der Waals surface area contributed by atoms with Gasteiger partial charge in [-0.1, -0.05) is 19.9 Å². The molecule has 0 aromatic carbocycles. The molecule has 0 aliphatic heterocycles. The third-order valence-electron chi connectivity index (χ3n) is 3.01. The fourth-order valence-corrected chi connectivity index (χ4v) is 2.82. The summed E-state index contributed by atoms with van der Waals surface area (Å²) in [4.78, 5) is 13.2. The van der Waals surface area contributed by atoms with Crippen LogP contribution in [0, 0.1) is 5.92 Å². The van der Waals surface area contributed by atoms with Crippen molar-refractivity contribution >= 4 is 17.2 Å². The number of carbonyl (C=O) groups excluding carboxylic acids is 1. The summed E-state index contributed by atoms with van der Waals surface area (Å²) in [5.74, 6) is 0.261. The van der Waals surface area contributed by atoms with Gasteiger partial charge in [-0.25, -0.2) is 0 Å². The molecule has 0 spiro atoms. The van der Waals surface area contributed by atoms with Crippen molar-refractivity contribution in [3.63, 3.8) is 0 Å². The van der Waals surface area contributed by atoms with E-state index in [0.29, 0.717) is 18.9 Å². The summed E-state index contributed by atoms with van der Waals surface area (Å²) in [7, 11) is 1.65. The van der Waals surface area contributed by atoms with Crippen LogP contribution in [0.15, 0.2) is 17.5 Å². The Balaban J connectivity index is 2.52. The quantitative estimate of drug-likeness (QED) is 0.720. The molecule has 108 valence electrons. The highest BCUT2D eigenvalue weighted by Crippen LogP contribution is 2.25. The minimum absolute atomic E-state index is 0.0426. The summed E-state index contributed by atoms with van der Waals surface area (Å²) in [6.07, 6.45) is 1.45. The zero-order valence-corrected chi connectivity index (χ0v) is 12.7. The molecule has 3 N–H and O–H groups in total. The average Bonchev–Trinajstić information content (AvgIpc) is 2.88. The molecule has 0 bridgehead atoms. The van der Waals surface area contributed by atoms with E-state index < -0.39 is 6.04 Å². The molecule has 0 saturated heterocycles. The van der Waals surface area contributed by atoms with E-state index in [1.807, 2.05) is 17.5 Å². The van der Waals surface area contributed by atoms with Crippen LogP contribution < -0.4 is 11.1 Å². The summed E-state index contributed by atoms with van der Waals surface area (Å²) in [6, 6.07) is 3.63. The molecule has 1 aromatic rings. The molecule has 1 rings (SSSR count). The average molecular weight is 284 g/mol. The van der Waals surface area contributed by atoms with Crippen LogP contribution in [-0.2, 0) is 9.53 Å². The van der Waals surface area contributed by atoms with Gasteiger partial charge in [0.15, 0.2) is 0 Å². The van der Waals surface area contributed by atoms with Gasteiger partial charge in [0.05, 0.1) is 12.1 Å². The van der Waals surface area contributed by atoms with Crippen LogP contribution in [0.4, 0.5) is 0 Å². The molecule has 0 aliphatic carbocycles. The van der Waals surface area contributed by atoms with Crippen LogP contribution in [0.25, 0.3) is 0 Å². The maximum absolute atomic E-state index is 12.1. The van der Waals surface area contributed by atoms with Gasteiger partial charge in [0, 0.05) is 18.6 Å². The van der Waals surface area contributed by atoms with Crippen molar-refractivity contribution in [1.29, 1.82) is 0 Å². The number of thiophene rings is 1. The first-order valence-electron chi connectivity index (χ1n) is 6.64. The number of hydrogen-bond donors (Lipinski definition) is 2. The van der Waals surface area contributed by atoms with E-state index >= 15 is 0 Å². The van der Waals surface area contributed by atoms with Crippen molar-refractivity contribution in [1.82, 2.24) is 5.32 Å². The van der Waals surface area contributed by atoms with Crippen molar-refractivity contribution < 1.29 is 9.53 Å². The van der Waals surface area contributed by atoms with Crippen molar-refractivity contribution in [2.75, 3.05) is 13.7 Å². The second-order valence-corrected chi connectivity index (χ2v) is 5.97. The monoisotopic (exact) mass is 284 g/mol. The van der Waals surface area contributed by atoms with Crippen molar-refractivity contribution in [2.24, 2.45) is 11.7 Å². The van der Waals surface area contributed by atoms with Gasteiger partial charge >= 0.3 is 0 Å². The summed E-state index contributed by atoms with van der Waals surface area (Å²) in [6.45, 7) is 4.84. The number of amides is 1. The maximum Gasteiger partial charge on any atom is 0.237 e. The fraction of sp³-hybridized carbons (Fsp3) is 0.643. The molecule has 1 heterocycles. The van der Waals surface area contributed by atoms with Gasteiger partial charge in [0.25, 0.3) is 0 Å². The summed E-state index contributed by atoms with van der Waals surface area (Å²) >= 11 is 1.66. The Labute approximate surface area is 119 Å². The highest BCUT2D eigenvalue weighted by atomic mass is 32.1. The molecular formula is C14H24N2O2S. The lowest BCUT2D eigenvalue weighted by Gasteiger charge is -2.23. The Kier molecular flexibility index (Phi) is 7.05. The molecule has 4 nitrogen and oxygen atoms in total. The molecule has 5 heteroatoms. The predicted molar refractivity (Wildman–Crippen MR) is 79.1 cm³/mol.